The molecule has 3 saturated carbocycles. The number of rotatable bonds is 1. The zero-order valence-corrected chi connectivity index (χ0v) is 22.2. The van der Waals surface area contributed by atoms with Gasteiger partial charge in [-0.25, -0.2) is 0 Å². The Morgan fingerprint density at radius 3 is 2.74 bits per heavy atom. The fourth-order valence-corrected chi connectivity index (χ4v) is 10.1. The molecular formula is C30H47NO3. The average molecular weight is 470 g/mol. The molecule has 34 heavy (non-hydrogen) atoms. The highest BCUT2D eigenvalue weighted by molar-refractivity contribution is 5.66. The number of fused-ring (bicyclic) bond motifs is 6. The number of allylic oxidation sites excluding steroid dienone is 1. The topological polar surface area (TPSA) is 47.6 Å². The molecule has 0 bridgehead atoms. The number of esters is 1. The van der Waals surface area contributed by atoms with E-state index in [2.05, 4.69) is 33.0 Å². The molecule has 0 aromatic rings. The number of carbonyl (C=O) groups is 1. The van der Waals surface area contributed by atoms with Gasteiger partial charge < -0.3 is 14.8 Å². The summed E-state index contributed by atoms with van der Waals surface area (Å²) in [6.45, 7) is 12.6. The lowest BCUT2D eigenvalue weighted by Crippen LogP contribution is -2.48. The van der Waals surface area contributed by atoms with Gasteiger partial charge >= 0.3 is 5.97 Å². The third kappa shape index (κ3) is 3.56. The molecule has 4 heteroatoms. The van der Waals surface area contributed by atoms with Gasteiger partial charge in [-0.3, -0.25) is 4.79 Å². The van der Waals surface area contributed by atoms with E-state index < -0.39 is 0 Å². The van der Waals surface area contributed by atoms with E-state index in [-0.39, 0.29) is 17.7 Å². The van der Waals surface area contributed by atoms with Gasteiger partial charge in [0.1, 0.15) is 6.10 Å². The first-order chi connectivity index (χ1) is 16.2. The van der Waals surface area contributed by atoms with Gasteiger partial charge in [0, 0.05) is 18.9 Å². The van der Waals surface area contributed by atoms with Gasteiger partial charge in [0.2, 0.25) is 0 Å². The fraction of sp³-hybridized carbons (Fsp3) is 0.900. The van der Waals surface area contributed by atoms with Crippen molar-refractivity contribution in [1.82, 2.24) is 5.32 Å². The molecule has 2 heterocycles. The number of ether oxygens (including phenoxy) is 2. The molecule has 6 rings (SSSR count). The maximum Gasteiger partial charge on any atom is 0.302 e. The molecule has 11 atom stereocenters. The van der Waals surface area contributed by atoms with E-state index in [1.54, 1.807) is 12.5 Å². The molecule has 1 N–H and O–H groups in total. The Hall–Kier alpha value is -0.870. The van der Waals surface area contributed by atoms with Crippen molar-refractivity contribution < 1.29 is 14.3 Å². The van der Waals surface area contributed by atoms with Crippen LogP contribution in [0.25, 0.3) is 0 Å². The number of carbonyl (C=O) groups excluding carboxylic acids is 1. The second-order valence-corrected chi connectivity index (χ2v) is 13.7. The molecule has 2 aliphatic heterocycles. The van der Waals surface area contributed by atoms with Crippen molar-refractivity contribution in [2.45, 2.75) is 123 Å². The van der Waals surface area contributed by atoms with E-state index >= 15 is 0 Å². The van der Waals surface area contributed by atoms with Crippen LogP contribution in [0.1, 0.15) is 98.8 Å². The minimum absolute atomic E-state index is 0.0481. The van der Waals surface area contributed by atoms with Crippen molar-refractivity contribution in [1.29, 1.82) is 0 Å². The lowest BCUT2D eigenvalue weighted by Gasteiger charge is -2.54. The lowest BCUT2D eigenvalue weighted by atomic mass is 9.52. The summed E-state index contributed by atoms with van der Waals surface area (Å²) in [6.07, 6.45) is 12.9. The fourth-order valence-electron chi connectivity index (χ4n) is 10.1. The van der Waals surface area contributed by atoms with Crippen LogP contribution in [0.4, 0.5) is 0 Å². The highest BCUT2D eigenvalue weighted by Crippen LogP contribution is 2.65. The molecule has 4 aliphatic carbocycles. The third-order valence-electron chi connectivity index (χ3n) is 11.9. The minimum atomic E-state index is -0.104. The number of nitrogens with one attached hydrogen (secondary N) is 1. The van der Waals surface area contributed by atoms with Crippen LogP contribution < -0.4 is 5.32 Å². The second kappa shape index (κ2) is 8.33. The summed E-state index contributed by atoms with van der Waals surface area (Å²) >= 11 is 0. The van der Waals surface area contributed by atoms with Gasteiger partial charge in [-0.2, -0.15) is 0 Å². The normalized spacial score (nSPS) is 52.4. The standard InChI is InChI=1S/C30H47NO3/c1-17-12-27-28(31-16-17)19(3)30(34-27)11-9-23-24-7-6-21-13-22(33-20(4)32)8-10-29(21,5)26(24)14-25(23)18(2)15-30/h17,19,21-24,26-28,31H,6-16H2,1-5H3/t17-,19+,21+,22+,23-,24-,26-,27+,28?,29-,30-/m0/s1. The first-order valence-electron chi connectivity index (χ1n) is 14.5. The molecule has 6 aliphatic rings. The van der Waals surface area contributed by atoms with Crippen molar-refractivity contribution in [2.24, 2.45) is 40.9 Å². The predicted molar refractivity (Wildman–Crippen MR) is 134 cm³/mol. The van der Waals surface area contributed by atoms with E-state index in [1.807, 2.05) is 5.57 Å². The molecule has 190 valence electrons. The van der Waals surface area contributed by atoms with Crippen molar-refractivity contribution >= 4 is 5.97 Å². The van der Waals surface area contributed by atoms with E-state index in [9.17, 15) is 4.79 Å². The van der Waals surface area contributed by atoms with Crippen LogP contribution in [-0.4, -0.2) is 36.4 Å². The van der Waals surface area contributed by atoms with Gasteiger partial charge in [0.15, 0.2) is 0 Å². The van der Waals surface area contributed by atoms with Crippen LogP contribution in [0, 0.1) is 40.9 Å². The van der Waals surface area contributed by atoms with Crippen LogP contribution in [0.5, 0.6) is 0 Å². The van der Waals surface area contributed by atoms with Gasteiger partial charge in [0.25, 0.3) is 0 Å². The maximum absolute atomic E-state index is 11.6. The highest BCUT2D eigenvalue weighted by atomic mass is 16.5. The summed E-state index contributed by atoms with van der Waals surface area (Å²) in [7, 11) is 0. The first kappa shape index (κ1) is 23.5. The van der Waals surface area contributed by atoms with E-state index in [4.69, 9.17) is 9.47 Å². The smallest absolute Gasteiger partial charge is 0.302 e. The quantitative estimate of drug-likeness (QED) is 0.375. The molecule has 1 unspecified atom stereocenters. The summed E-state index contributed by atoms with van der Waals surface area (Å²) in [5, 5.41) is 3.86. The minimum Gasteiger partial charge on any atom is -0.463 e. The average Bonchev–Trinajstić information content (AvgIpc) is 3.24. The summed E-state index contributed by atoms with van der Waals surface area (Å²) in [5.41, 5.74) is 3.96. The third-order valence-corrected chi connectivity index (χ3v) is 11.9. The van der Waals surface area contributed by atoms with Crippen molar-refractivity contribution in [2.75, 3.05) is 6.54 Å². The predicted octanol–water partition coefficient (Wildman–Crippen LogP) is 6.04. The Morgan fingerprint density at radius 1 is 1.12 bits per heavy atom. The van der Waals surface area contributed by atoms with Crippen LogP contribution in [0.2, 0.25) is 0 Å². The lowest BCUT2D eigenvalue weighted by molar-refractivity contribution is -0.154. The number of hydrogen-bond donors (Lipinski definition) is 1. The van der Waals surface area contributed by atoms with Crippen molar-refractivity contribution in [3.05, 3.63) is 11.1 Å². The second-order valence-electron chi connectivity index (χ2n) is 13.7. The Kier molecular flexibility index (Phi) is 5.76. The summed E-state index contributed by atoms with van der Waals surface area (Å²) in [5.74, 6) is 4.38. The van der Waals surface area contributed by atoms with Crippen molar-refractivity contribution in [3.63, 3.8) is 0 Å². The van der Waals surface area contributed by atoms with Gasteiger partial charge in [0.05, 0.1) is 11.7 Å². The molecule has 0 radical (unpaired) electrons. The van der Waals surface area contributed by atoms with Crippen LogP contribution >= 0.6 is 0 Å². The summed E-state index contributed by atoms with van der Waals surface area (Å²) < 4.78 is 12.7. The zero-order valence-electron chi connectivity index (χ0n) is 22.2. The Balaban J connectivity index is 1.23. The Bertz CT molecular complexity index is 867. The molecule has 0 amide bonds. The molecule has 2 saturated heterocycles. The molecule has 0 aromatic heterocycles. The molecule has 4 nitrogen and oxygen atoms in total. The largest absolute Gasteiger partial charge is 0.463 e. The van der Waals surface area contributed by atoms with Crippen molar-refractivity contribution in [3.8, 4) is 0 Å². The highest BCUT2D eigenvalue weighted by Gasteiger charge is 2.59. The van der Waals surface area contributed by atoms with Gasteiger partial charge in [-0.15, -0.1) is 0 Å². The van der Waals surface area contributed by atoms with E-state index in [0.717, 1.165) is 55.4 Å². The van der Waals surface area contributed by atoms with Gasteiger partial charge in [-0.1, -0.05) is 31.9 Å². The SMILES string of the molecule is CC(=O)O[C@@H]1CC[C@@]2(C)[C@H](CC[C@H]3[C@@H]4CC[C@@]5(CC(C)=C4C[C@@H]32)O[C@@H]2C[C@H](C)CNC2[C@H]5C)C1. The number of piperidine rings is 1. The van der Waals surface area contributed by atoms with E-state index in [0.29, 0.717) is 23.5 Å². The zero-order chi connectivity index (χ0) is 23.8. The molecule has 5 fully saturated rings. The van der Waals surface area contributed by atoms with E-state index in [1.165, 1.54) is 44.9 Å². The molecule has 1 spiro atoms. The molecule has 0 aromatic carbocycles. The maximum atomic E-state index is 11.6. The number of hydrogen-bond acceptors (Lipinski definition) is 4. The monoisotopic (exact) mass is 469 g/mol. The Morgan fingerprint density at radius 2 is 1.94 bits per heavy atom. The summed E-state index contributed by atoms with van der Waals surface area (Å²) in [6, 6.07) is 0.543. The van der Waals surface area contributed by atoms with Gasteiger partial charge in [-0.05, 0) is 113 Å². The first-order valence-corrected chi connectivity index (χ1v) is 14.5. The van der Waals surface area contributed by atoms with Crippen LogP contribution in [-0.2, 0) is 14.3 Å². The van der Waals surface area contributed by atoms with Crippen LogP contribution in [0.15, 0.2) is 11.1 Å². The molecular weight excluding hydrogens is 422 g/mol. The summed E-state index contributed by atoms with van der Waals surface area (Å²) in [4.78, 5) is 11.6. The van der Waals surface area contributed by atoms with Crippen LogP contribution in [0.3, 0.4) is 0 Å². The Labute approximate surface area is 207 Å².